The summed E-state index contributed by atoms with van der Waals surface area (Å²) in [5.41, 5.74) is 2.46. The Kier molecular flexibility index (Phi) is 4.95. The van der Waals surface area contributed by atoms with Gasteiger partial charge in [0, 0.05) is 22.6 Å². The van der Waals surface area contributed by atoms with Crippen molar-refractivity contribution in [3.63, 3.8) is 0 Å². The van der Waals surface area contributed by atoms with E-state index in [1.54, 1.807) is 38.1 Å². The van der Waals surface area contributed by atoms with Crippen molar-refractivity contribution in [1.29, 1.82) is 0 Å². The van der Waals surface area contributed by atoms with Gasteiger partial charge in [0.25, 0.3) is 5.91 Å². The van der Waals surface area contributed by atoms with Gasteiger partial charge in [-0.15, -0.1) is 0 Å². The van der Waals surface area contributed by atoms with Crippen LogP contribution in [0.15, 0.2) is 30.3 Å². The van der Waals surface area contributed by atoms with Gasteiger partial charge in [-0.2, -0.15) is 0 Å². The van der Waals surface area contributed by atoms with E-state index in [-0.39, 0.29) is 12.5 Å². The minimum Gasteiger partial charge on any atom is -0.394 e. The lowest BCUT2D eigenvalue weighted by molar-refractivity contribution is 0.0869. The van der Waals surface area contributed by atoms with Gasteiger partial charge in [0.15, 0.2) is 0 Å². The molecular weight excluding hydrogens is 292 g/mol. The van der Waals surface area contributed by atoms with Crippen molar-refractivity contribution in [2.24, 2.45) is 0 Å². The molecule has 0 atom stereocenters. The van der Waals surface area contributed by atoms with E-state index in [2.05, 4.69) is 20.6 Å². The molecule has 0 aliphatic rings. The largest absolute Gasteiger partial charge is 0.394 e. The lowest BCUT2D eigenvalue weighted by Gasteiger charge is -2.23. The fraction of sp³-hybridized carbons (Fsp3) is 0.353. The lowest BCUT2D eigenvalue weighted by atomic mass is 10.1. The Bertz CT molecular complexity index is 676. The highest BCUT2D eigenvalue weighted by atomic mass is 16.3. The third-order valence-electron chi connectivity index (χ3n) is 3.23. The highest BCUT2D eigenvalue weighted by Gasteiger charge is 2.19. The number of aliphatic hydroxyl groups is 1. The van der Waals surface area contributed by atoms with E-state index < -0.39 is 5.54 Å². The molecule has 0 radical (unpaired) electrons. The molecule has 0 aliphatic heterocycles. The highest BCUT2D eigenvalue weighted by molar-refractivity contribution is 5.95. The third kappa shape index (κ3) is 4.75. The minimum atomic E-state index is -0.652. The van der Waals surface area contributed by atoms with Gasteiger partial charge in [-0.3, -0.25) is 4.79 Å². The molecule has 0 bridgehead atoms. The normalized spacial score (nSPS) is 11.2. The zero-order valence-corrected chi connectivity index (χ0v) is 13.8. The van der Waals surface area contributed by atoms with Crippen molar-refractivity contribution in [1.82, 2.24) is 15.3 Å². The second kappa shape index (κ2) is 6.75. The van der Waals surface area contributed by atoms with E-state index in [1.165, 1.54) is 0 Å². The number of aryl methyl sites for hydroxylation is 2. The standard InChI is InChI=1S/C17H22N4O2/c1-11-9-12(2)19-16(18-11)20-14-7-5-13(6-8-14)15(23)21-17(3,4)10-22/h5-9,22H,10H2,1-4H3,(H,21,23)(H,18,19,20). The number of carbonyl (C=O) groups excluding carboxylic acids is 1. The SMILES string of the molecule is Cc1cc(C)nc(Nc2ccc(C(=O)NC(C)(C)CO)cc2)n1. The maximum absolute atomic E-state index is 12.1. The average Bonchev–Trinajstić information content (AvgIpc) is 2.46. The lowest BCUT2D eigenvalue weighted by Crippen LogP contribution is -2.46. The van der Waals surface area contributed by atoms with E-state index in [4.69, 9.17) is 0 Å². The number of rotatable bonds is 5. The summed E-state index contributed by atoms with van der Waals surface area (Å²) >= 11 is 0. The van der Waals surface area contributed by atoms with Crippen LogP contribution in [0.25, 0.3) is 0 Å². The van der Waals surface area contributed by atoms with Crippen LogP contribution in [0.2, 0.25) is 0 Å². The molecule has 1 aromatic heterocycles. The molecule has 2 aromatic rings. The predicted molar refractivity (Wildman–Crippen MR) is 89.9 cm³/mol. The molecule has 1 heterocycles. The molecule has 0 saturated carbocycles. The number of carbonyl (C=O) groups is 1. The molecule has 0 fully saturated rings. The van der Waals surface area contributed by atoms with E-state index in [1.807, 2.05) is 19.9 Å². The van der Waals surface area contributed by atoms with Crippen molar-refractivity contribution in [2.75, 3.05) is 11.9 Å². The topological polar surface area (TPSA) is 87.1 Å². The number of nitrogens with one attached hydrogen (secondary N) is 2. The average molecular weight is 314 g/mol. The maximum atomic E-state index is 12.1. The van der Waals surface area contributed by atoms with E-state index in [9.17, 15) is 9.90 Å². The Labute approximate surface area is 136 Å². The molecule has 122 valence electrons. The summed E-state index contributed by atoms with van der Waals surface area (Å²) < 4.78 is 0. The highest BCUT2D eigenvalue weighted by Crippen LogP contribution is 2.15. The Morgan fingerprint density at radius 2 is 1.70 bits per heavy atom. The third-order valence-corrected chi connectivity index (χ3v) is 3.23. The molecular formula is C17H22N4O2. The van der Waals surface area contributed by atoms with Gasteiger partial charge < -0.3 is 15.7 Å². The Balaban J connectivity index is 2.09. The van der Waals surface area contributed by atoms with Crippen LogP contribution in [0.4, 0.5) is 11.6 Å². The van der Waals surface area contributed by atoms with Crippen LogP contribution in [0, 0.1) is 13.8 Å². The molecule has 0 spiro atoms. The number of amides is 1. The van der Waals surface area contributed by atoms with Crippen LogP contribution < -0.4 is 10.6 Å². The van der Waals surface area contributed by atoms with Gasteiger partial charge in [0.1, 0.15) is 0 Å². The Morgan fingerprint density at radius 3 is 2.22 bits per heavy atom. The molecule has 1 amide bonds. The summed E-state index contributed by atoms with van der Waals surface area (Å²) in [6.07, 6.45) is 0. The zero-order chi connectivity index (χ0) is 17.0. The number of benzene rings is 1. The summed E-state index contributed by atoms with van der Waals surface area (Å²) in [4.78, 5) is 20.7. The summed E-state index contributed by atoms with van der Waals surface area (Å²) in [7, 11) is 0. The number of aromatic nitrogens is 2. The number of hydrogen-bond donors (Lipinski definition) is 3. The molecule has 1 aromatic carbocycles. The van der Waals surface area contributed by atoms with E-state index in [0.717, 1.165) is 17.1 Å². The first kappa shape index (κ1) is 16.9. The van der Waals surface area contributed by atoms with Crippen molar-refractivity contribution in [2.45, 2.75) is 33.2 Å². The fourth-order valence-electron chi connectivity index (χ4n) is 2.03. The van der Waals surface area contributed by atoms with Crippen LogP contribution in [0.1, 0.15) is 35.6 Å². The molecule has 2 rings (SSSR count). The van der Waals surface area contributed by atoms with Gasteiger partial charge in [-0.1, -0.05) is 0 Å². The van der Waals surface area contributed by atoms with Crippen LogP contribution in [0.3, 0.4) is 0 Å². The van der Waals surface area contributed by atoms with Crippen LogP contribution in [0.5, 0.6) is 0 Å². The molecule has 6 nitrogen and oxygen atoms in total. The summed E-state index contributed by atoms with van der Waals surface area (Å²) in [6, 6.07) is 8.92. The number of hydrogen-bond acceptors (Lipinski definition) is 5. The van der Waals surface area contributed by atoms with Crippen molar-refractivity contribution in [3.8, 4) is 0 Å². The van der Waals surface area contributed by atoms with Gasteiger partial charge in [0.2, 0.25) is 5.95 Å². The fourth-order valence-corrected chi connectivity index (χ4v) is 2.03. The number of nitrogens with zero attached hydrogens (tertiary/aromatic N) is 2. The predicted octanol–water partition coefficient (Wildman–Crippen LogP) is 2.34. The molecule has 23 heavy (non-hydrogen) atoms. The molecule has 6 heteroatoms. The first-order chi connectivity index (χ1) is 10.8. The first-order valence-electron chi connectivity index (χ1n) is 7.42. The second-order valence-electron chi connectivity index (χ2n) is 6.17. The maximum Gasteiger partial charge on any atom is 0.251 e. The van der Waals surface area contributed by atoms with E-state index in [0.29, 0.717) is 11.5 Å². The zero-order valence-electron chi connectivity index (χ0n) is 13.8. The first-order valence-corrected chi connectivity index (χ1v) is 7.42. The van der Waals surface area contributed by atoms with Gasteiger partial charge in [0.05, 0.1) is 12.1 Å². The summed E-state index contributed by atoms with van der Waals surface area (Å²) in [5.74, 6) is 0.305. The molecule has 0 aliphatic carbocycles. The van der Waals surface area contributed by atoms with Crippen LogP contribution in [-0.4, -0.2) is 33.1 Å². The van der Waals surface area contributed by atoms with Crippen LogP contribution >= 0.6 is 0 Å². The monoisotopic (exact) mass is 314 g/mol. The molecule has 3 N–H and O–H groups in total. The Hall–Kier alpha value is -2.47. The number of aliphatic hydroxyl groups excluding tert-OH is 1. The van der Waals surface area contributed by atoms with Crippen molar-refractivity contribution >= 4 is 17.5 Å². The van der Waals surface area contributed by atoms with Crippen molar-refractivity contribution in [3.05, 3.63) is 47.3 Å². The quantitative estimate of drug-likeness (QED) is 0.788. The van der Waals surface area contributed by atoms with Gasteiger partial charge >= 0.3 is 0 Å². The minimum absolute atomic E-state index is 0.123. The molecule has 0 saturated heterocycles. The summed E-state index contributed by atoms with van der Waals surface area (Å²) in [6.45, 7) is 7.23. The number of anilines is 2. The smallest absolute Gasteiger partial charge is 0.251 e. The van der Waals surface area contributed by atoms with Gasteiger partial charge in [-0.25, -0.2) is 9.97 Å². The van der Waals surface area contributed by atoms with Crippen LogP contribution in [-0.2, 0) is 0 Å². The summed E-state index contributed by atoms with van der Waals surface area (Å²) in [5, 5.41) is 15.1. The second-order valence-corrected chi connectivity index (χ2v) is 6.17. The van der Waals surface area contributed by atoms with E-state index >= 15 is 0 Å². The van der Waals surface area contributed by atoms with Crippen molar-refractivity contribution < 1.29 is 9.90 Å². The van der Waals surface area contributed by atoms with Gasteiger partial charge in [-0.05, 0) is 58.0 Å². The Morgan fingerprint density at radius 1 is 1.13 bits per heavy atom. The molecule has 0 unspecified atom stereocenters.